The number of epoxide rings is 1. The summed E-state index contributed by atoms with van der Waals surface area (Å²) < 4.78 is 31.4. The summed E-state index contributed by atoms with van der Waals surface area (Å²) >= 11 is 0. The van der Waals surface area contributed by atoms with E-state index in [1.54, 1.807) is 12.1 Å². The van der Waals surface area contributed by atoms with Crippen molar-refractivity contribution in [1.29, 1.82) is 0 Å². The summed E-state index contributed by atoms with van der Waals surface area (Å²) in [5.41, 5.74) is 1.14. The zero-order valence-corrected chi connectivity index (χ0v) is 11.8. The molecule has 1 N–H and O–H groups in total. The van der Waals surface area contributed by atoms with E-state index in [4.69, 9.17) is 4.74 Å². The zero-order chi connectivity index (χ0) is 13.4. The van der Waals surface area contributed by atoms with E-state index in [-0.39, 0.29) is 11.5 Å². The SMILES string of the molecule is CC(C)(C)c1ccc(S(=O)(=O)NC[C@H]2CO2)cc1. The number of hydrogen-bond donors (Lipinski definition) is 1. The Morgan fingerprint density at radius 2 is 1.83 bits per heavy atom. The average Bonchev–Trinajstić information content (AvgIpc) is 3.09. The molecule has 2 rings (SSSR count). The van der Waals surface area contributed by atoms with Gasteiger partial charge < -0.3 is 4.74 Å². The van der Waals surface area contributed by atoms with Crippen LogP contribution in [0.1, 0.15) is 26.3 Å². The lowest BCUT2D eigenvalue weighted by atomic mass is 9.87. The van der Waals surface area contributed by atoms with Crippen LogP contribution in [0.3, 0.4) is 0 Å². The number of hydrogen-bond acceptors (Lipinski definition) is 3. The maximum absolute atomic E-state index is 12.0. The van der Waals surface area contributed by atoms with Gasteiger partial charge in [-0.3, -0.25) is 0 Å². The lowest BCUT2D eigenvalue weighted by molar-refractivity contribution is 0.406. The van der Waals surface area contributed by atoms with E-state index in [0.717, 1.165) is 5.56 Å². The molecule has 0 aliphatic carbocycles. The van der Waals surface area contributed by atoms with Crippen molar-refractivity contribution in [2.45, 2.75) is 37.2 Å². The van der Waals surface area contributed by atoms with E-state index in [1.165, 1.54) is 0 Å². The van der Waals surface area contributed by atoms with Crippen LogP contribution in [-0.4, -0.2) is 27.7 Å². The highest BCUT2D eigenvalue weighted by Gasteiger charge is 2.25. The van der Waals surface area contributed by atoms with E-state index < -0.39 is 10.0 Å². The molecule has 0 amide bonds. The van der Waals surface area contributed by atoms with Gasteiger partial charge in [-0.2, -0.15) is 0 Å². The van der Waals surface area contributed by atoms with E-state index in [2.05, 4.69) is 25.5 Å². The van der Waals surface area contributed by atoms with Gasteiger partial charge in [0.15, 0.2) is 0 Å². The summed E-state index contributed by atoms with van der Waals surface area (Å²) in [4.78, 5) is 0.302. The number of nitrogens with one attached hydrogen (secondary N) is 1. The Hall–Kier alpha value is -0.910. The van der Waals surface area contributed by atoms with Crippen molar-refractivity contribution in [3.63, 3.8) is 0 Å². The molecule has 0 aromatic heterocycles. The smallest absolute Gasteiger partial charge is 0.240 e. The molecule has 100 valence electrons. The third-order valence-electron chi connectivity index (χ3n) is 2.93. The Bertz CT molecular complexity index is 510. The molecule has 0 bridgehead atoms. The molecule has 1 heterocycles. The molecule has 1 saturated heterocycles. The van der Waals surface area contributed by atoms with E-state index in [1.807, 2.05) is 12.1 Å². The average molecular weight is 269 g/mol. The van der Waals surface area contributed by atoms with Crippen molar-refractivity contribution in [1.82, 2.24) is 4.72 Å². The second-order valence-electron chi connectivity index (χ2n) is 5.58. The van der Waals surface area contributed by atoms with Gasteiger partial charge in [-0.25, -0.2) is 13.1 Å². The molecule has 4 nitrogen and oxygen atoms in total. The van der Waals surface area contributed by atoms with Crippen LogP contribution in [-0.2, 0) is 20.2 Å². The maximum Gasteiger partial charge on any atom is 0.240 e. The number of ether oxygens (including phenoxy) is 1. The molecular weight excluding hydrogens is 250 g/mol. The summed E-state index contributed by atoms with van der Waals surface area (Å²) in [7, 11) is -3.41. The molecule has 1 aliphatic rings. The molecule has 5 heteroatoms. The Morgan fingerprint density at radius 3 is 2.28 bits per heavy atom. The van der Waals surface area contributed by atoms with Crippen LogP contribution in [0.25, 0.3) is 0 Å². The van der Waals surface area contributed by atoms with E-state index in [9.17, 15) is 8.42 Å². The minimum absolute atomic E-state index is 0.0254. The highest BCUT2D eigenvalue weighted by Crippen LogP contribution is 2.23. The minimum atomic E-state index is -3.41. The van der Waals surface area contributed by atoms with Crippen molar-refractivity contribution < 1.29 is 13.2 Å². The van der Waals surface area contributed by atoms with Crippen LogP contribution in [0.4, 0.5) is 0 Å². The molecule has 18 heavy (non-hydrogen) atoms. The van der Waals surface area contributed by atoms with Crippen molar-refractivity contribution in [3.8, 4) is 0 Å². The highest BCUT2D eigenvalue weighted by atomic mass is 32.2. The molecule has 0 unspecified atom stereocenters. The number of sulfonamides is 1. The van der Waals surface area contributed by atoms with Crippen molar-refractivity contribution in [3.05, 3.63) is 29.8 Å². The Kier molecular flexibility index (Phi) is 3.49. The first-order valence-corrected chi connectivity index (χ1v) is 7.49. The van der Waals surface area contributed by atoms with Crippen LogP contribution < -0.4 is 4.72 Å². The molecule has 0 spiro atoms. The van der Waals surface area contributed by atoms with Gasteiger partial charge in [0.2, 0.25) is 10.0 Å². The molecule has 1 aliphatic heterocycles. The first kappa shape index (κ1) is 13.5. The first-order chi connectivity index (χ1) is 8.29. The van der Waals surface area contributed by atoms with Gasteiger partial charge in [0, 0.05) is 6.54 Å². The third-order valence-corrected chi connectivity index (χ3v) is 4.37. The second kappa shape index (κ2) is 4.64. The Labute approximate surface area is 108 Å². The topological polar surface area (TPSA) is 58.7 Å². The molecule has 1 atom stereocenters. The lowest BCUT2D eigenvalue weighted by Gasteiger charge is -2.19. The molecule has 0 saturated carbocycles. The van der Waals surface area contributed by atoms with Crippen LogP contribution in [0.5, 0.6) is 0 Å². The van der Waals surface area contributed by atoms with Gasteiger partial charge in [-0.05, 0) is 23.1 Å². The van der Waals surface area contributed by atoms with Crippen molar-refractivity contribution in [2.75, 3.05) is 13.2 Å². The van der Waals surface area contributed by atoms with Crippen LogP contribution >= 0.6 is 0 Å². The van der Waals surface area contributed by atoms with E-state index >= 15 is 0 Å². The molecule has 0 radical (unpaired) electrons. The van der Waals surface area contributed by atoms with Gasteiger partial charge in [0.1, 0.15) is 0 Å². The van der Waals surface area contributed by atoms with Crippen LogP contribution in [0, 0.1) is 0 Å². The van der Waals surface area contributed by atoms with Crippen molar-refractivity contribution in [2.24, 2.45) is 0 Å². The third kappa shape index (κ3) is 3.31. The van der Waals surface area contributed by atoms with Gasteiger partial charge >= 0.3 is 0 Å². The second-order valence-corrected chi connectivity index (χ2v) is 7.35. The summed E-state index contributed by atoms with van der Waals surface area (Å²) in [6.07, 6.45) is 0.0497. The largest absolute Gasteiger partial charge is 0.372 e. The Balaban J connectivity index is 2.12. The molecular formula is C13H19NO3S. The monoisotopic (exact) mass is 269 g/mol. The molecule has 1 aromatic carbocycles. The Morgan fingerprint density at radius 1 is 1.28 bits per heavy atom. The summed E-state index contributed by atoms with van der Waals surface area (Å²) in [5.74, 6) is 0. The van der Waals surface area contributed by atoms with Crippen molar-refractivity contribution >= 4 is 10.0 Å². The number of benzene rings is 1. The lowest BCUT2D eigenvalue weighted by Crippen LogP contribution is -2.27. The first-order valence-electron chi connectivity index (χ1n) is 6.01. The zero-order valence-electron chi connectivity index (χ0n) is 10.9. The molecule has 1 aromatic rings. The summed E-state index contributed by atoms with van der Waals surface area (Å²) in [6.45, 7) is 7.28. The maximum atomic E-state index is 12.0. The predicted molar refractivity (Wildman–Crippen MR) is 70.1 cm³/mol. The van der Waals surface area contributed by atoms with Crippen LogP contribution in [0.2, 0.25) is 0 Å². The normalized spacial score (nSPS) is 19.8. The van der Waals surface area contributed by atoms with Gasteiger partial charge in [-0.1, -0.05) is 32.9 Å². The highest BCUT2D eigenvalue weighted by molar-refractivity contribution is 7.89. The standard InChI is InChI=1S/C13H19NO3S/c1-13(2,3)10-4-6-12(7-5-10)18(15,16)14-8-11-9-17-11/h4-7,11,14H,8-9H2,1-3H3/t11-/m0/s1. The fraction of sp³-hybridized carbons (Fsp3) is 0.538. The number of rotatable bonds is 4. The summed E-state index contributed by atoms with van der Waals surface area (Å²) in [6, 6.07) is 7.03. The fourth-order valence-electron chi connectivity index (χ4n) is 1.61. The summed E-state index contributed by atoms with van der Waals surface area (Å²) in [5, 5.41) is 0. The quantitative estimate of drug-likeness (QED) is 0.846. The van der Waals surface area contributed by atoms with E-state index in [0.29, 0.717) is 18.0 Å². The molecule has 1 fully saturated rings. The van der Waals surface area contributed by atoms with Crippen LogP contribution in [0.15, 0.2) is 29.2 Å². The predicted octanol–water partition coefficient (Wildman–Crippen LogP) is 1.66. The minimum Gasteiger partial charge on any atom is -0.372 e. The fourth-order valence-corrected chi connectivity index (χ4v) is 2.67. The van der Waals surface area contributed by atoms with Gasteiger partial charge in [-0.15, -0.1) is 0 Å². The van der Waals surface area contributed by atoms with Gasteiger partial charge in [0.25, 0.3) is 0 Å². The van der Waals surface area contributed by atoms with Gasteiger partial charge in [0.05, 0.1) is 17.6 Å².